The molecule has 1 rings (SSSR count). The molecule has 0 aromatic rings. The summed E-state index contributed by atoms with van der Waals surface area (Å²) in [6.45, 7) is 11.4. The highest BCUT2D eigenvalue weighted by molar-refractivity contribution is 5.68. The maximum absolute atomic E-state index is 11.8. The van der Waals surface area contributed by atoms with Gasteiger partial charge in [0.2, 0.25) is 0 Å². The quantitative estimate of drug-likeness (QED) is 0.238. The Morgan fingerprint density at radius 1 is 0.914 bits per heavy atom. The summed E-state index contributed by atoms with van der Waals surface area (Å²) in [6, 6.07) is 0. The second-order valence-corrected chi connectivity index (χ2v) is 8.53. The molecule has 198 valence electrons. The van der Waals surface area contributed by atoms with E-state index in [9.17, 15) is 24.3 Å². The molecule has 0 aromatic heterocycles. The number of carbonyl (C=O) groups excluding carboxylic acids is 4. The third-order valence-electron chi connectivity index (χ3n) is 5.01. The molecular formula is C24H36O11. The van der Waals surface area contributed by atoms with Crippen molar-refractivity contribution in [3.05, 3.63) is 24.3 Å². The van der Waals surface area contributed by atoms with Gasteiger partial charge in [-0.3, -0.25) is 19.2 Å². The van der Waals surface area contributed by atoms with E-state index in [1.54, 1.807) is 13.8 Å². The highest BCUT2D eigenvalue weighted by Crippen LogP contribution is 2.30. The average molecular weight is 501 g/mol. The average Bonchev–Trinajstić information content (AvgIpc) is 2.73. The number of esters is 4. The van der Waals surface area contributed by atoms with Crippen LogP contribution in [0.4, 0.5) is 0 Å². The van der Waals surface area contributed by atoms with Gasteiger partial charge in [0, 0.05) is 27.7 Å². The summed E-state index contributed by atoms with van der Waals surface area (Å²) >= 11 is 0. The lowest BCUT2D eigenvalue weighted by atomic mass is 9.98. The Morgan fingerprint density at radius 3 is 1.97 bits per heavy atom. The van der Waals surface area contributed by atoms with Crippen molar-refractivity contribution in [3.63, 3.8) is 0 Å². The summed E-state index contributed by atoms with van der Waals surface area (Å²) in [4.78, 5) is 46.8. The summed E-state index contributed by atoms with van der Waals surface area (Å²) in [5.74, 6) is -2.74. The molecule has 1 unspecified atom stereocenters. The van der Waals surface area contributed by atoms with Crippen molar-refractivity contribution in [2.75, 3.05) is 13.2 Å². The van der Waals surface area contributed by atoms with E-state index in [1.807, 2.05) is 6.08 Å². The fourth-order valence-corrected chi connectivity index (χ4v) is 3.31. The monoisotopic (exact) mass is 500 g/mol. The molecule has 0 bridgehead atoms. The third kappa shape index (κ3) is 11.0. The van der Waals surface area contributed by atoms with Crippen LogP contribution in [0.15, 0.2) is 24.3 Å². The number of carbonyl (C=O) groups is 4. The normalized spacial score (nSPS) is 26.1. The van der Waals surface area contributed by atoms with Crippen molar-refractivity contribution in [2.24, 2.45) is 0 Å². The Balaban J connectivity index is 3.16. The van der Waals surface area contributed by atoms with E-state index in [-0.39, 0.29) is 13.2 Å². The second-order valence-electron chi connectivity index (χ2n) is 8.53. The van der Waals surface area contributed by atoms with Gasteiger partial charge in [-0.2, -0.15) is 0 Å². The van der Waals surface area contributed by atoms with Crippen LogP contribution in [-0.2, 0) is 47.6 Å². The van der Waals surface area contributed by atoms with E-state index in [2.05, 4.69) is 6.58 Å². The summed E-state index contributed by atoms with van der Waals surface area (Å²) in [6.07, 6.45) is -1.79. The predicted molar refractivity (Wildman–Crippen MR) is 122 cm³/mol. The summed E-state index contributed by atoms with van der Waals surface area (Å²) in [5.41, 5.74) is -0.213. The van der Waals surface area contributed by atoms with Crippen molar-refractivity contribution in [1.82, 2.24) is 0 Å². The molecule has 0 radical (unpaired) electrons. The molecule has 0 saturated carbocycles. The number of hydrogen-bond donors (Lipinski definition) is 1. The molecule has 1 fully saturated rings. The first-order valence-corrected chi connectivity index (χ1v) is 11.2. The standard InChI is InChI=1S/C24H36O11/c1-8-24(7,29)11-9-10-14(2)12-31-23-22(34-18(6)28)21(33-17(5)27)20(32-16(4)26)19(35-23)13-30-15(3)25/h8,10,19-23,29H,1,9,11-13H2,2-7H3/b14-10+/t19-,20-,21+,22-,23-,24?/m1/s1. The largest absolute Gasteiger partial charge is 0.463 e. The first kappa shape index (κ1) is 30.3. The fraction of sp³-hybridized carbons (Fsp3) is 0.667. The van der Waals surface area contributed by atoms with Gasteiger partial charge in [0.25, 0.3) is 0 Å². The lowest BCUT2D eigenvalue weighted by molar-refractivity contribution is -0.306. The van der Waals surface area contributed by atoms with Crippen LogP contribution in [0.3, 0.4) is 0 Å². The lowest BCUT2D eigenvalue weighted by Crippen LogP contribution is -2.63. The molecule has 6 atom stereocenters. The molecule has 1 aliphatic rings. The maximum atomic E-state index is 11.8. The van der Waals surface area contributed by atoms with Crippen LogP contribution in [-0.4, -0.2) is 78.5 Å². The minimum Gasteiger partial charge on any atom is -0.463 e. The smallest absolute Gasteiger partial charge is 0.303 e. The number of hydrogen-bond acceptors (Lipinski definition) is 11. The Kier molecular flexibility index (Phi) is 12.1. The molecule has 11 nitrogen and oxygen atoms in total. The molecule has 1 N–H and O–H groups in total. The van der Waals surface area contributed by atoms with Gasteiger partial charge < -0.3 is 33.5 Å². The van der Waals surface area contributed by atoms with Gasteiger partial charge in [-0.05, 0) is 26.7 Å². The Bertz CT molecular complexity index is 801. The van der Waals surface area contributed by atoms with Crippen LogP contribution in [0.5, 0.6) is 0 Å². The lowest BCUT2D eigenvalue weighted by Gasteiger charge is -2.44. The van der Waals surface area contributed by atoms with Crippen LogP contribution in [0.2, 0.25) is 0 Å². The minimum atomic E-state index is -1.29. The van der Waals surface area contributed by atoms with E-state index >= 15 is 0 Å². The molecular weight excluding hydrogens is 464 g/mol. The van der Waals surface area contributed by atoms with Crippen LogP contribution >= 0.6 is 0 Å². The zero-order valence-electron chi connectivity index (χ0n) is 21.1. The van der Waals surface area contributed by atoms with Gasteiger partial charge in [0.05, 0.1) is 12.2 Å². The van der Waals surface area contributed by atoms with E-state index in [4.69, 9.17) is 28.4 Å². The van der Waals surface area contributed by atoms with Crippen LogP contribution in [0.1, 0.15) is 54.4 Å². The van der Waals surface area contributed by atoms with Gasteiger partial charge in [0.1, 0.15) is 12.7 Å². The summed E-state index contributed by atoms with van der Waals surface area (Å²) in [5, 5.41) is 10.0. The highest BCUT2D eigenvalue weighted by atomic mass is 16.7. The van der Waals surface area contributed by atoms with Gasteiger partial charge in [-0.15, -0.1) is 6.58 Å². The Morgan fingerprint density at radius 2 is 1.46 bits per heavy atom. The second kappa shape index (κ2) is 14.0. The van der Waals surface area contributed by atoms with E-state index in [0.717, 1.165) is 26.3 Å². The predicted octanol–water partition coefficient (Wildman–Crippen LogP) is 1.75. The maximum Gasteiger partial charge on any atom is 0.303 e. The van der Waals surface area contributed by atoms with E-state index in [0.29, 0.717) is 12.8 Å². The molecule has 1 aliphatic heterocycles. The molecule has 11 heteroatoms. The zero-order valence-corrected chi connectivity index (χ0v) is 21.1. The first-order chi connectivity index (χ1) is 16.3. The van der Waals surface area contributed by atoms with Crippen LogP contribution in [0.25, 0.3) is 0 Å². The molecule has 35 heavy (non-hydrogen) atoms. The number of allylic oxidation sites excluding steroid dienone is 1. The highest BCUT2D eigenvalue weighted by Gasteiger charge is 2.52. The van der Waals surface area contributed by atoms with E-state index < -0.39 is 60.2 Å². The number of rotatable bonds is 12. The first-order valence-electron chi connectivity index (χ1n) is 11.2. The van der Waals surface area contributed by atoms with E-state index in [1.165, 1.54) is 13.0 Å². The fourth-order valence-electron chi connectivity index (χ4n) is 3.31. The van der Waals surface area contributed by atoms with Crippen molar-refractivity contribution in [3.8, 4) is 0 Å². The molecule has 1 saturated heterocycles. The Labute approximate surface area is 205 Å². The minimum absolute atomic E-state index is 0.0456. The van der Waals surface area contributed by atoms with Crippen molar-refractivity contribution in [1.29, 1.82) is 0 Å². The van der Waals surface area contributed by atoms with Crippen molar-refractivity contribution < 1.29 is 52.7 Å². The van der Waals surface area contributed by atoms with Crippen LogP contribution < -0.4 is 0 Å². The molecule has 0 aliphatic carbocycles. The number of ether oxygens (including phenoxy) is 6. The zero-order chi connectivity index (χ0) is 26.8. The van der Waals surface area contributed by atoms with Gasteiger partial charge >= 0.3 is 23.9 Å². The van der Waals surface area contributed by atoms with Crippen LogP contribution in [0, 0.1) is 0 Å². The van der Waals surface area contributed by atoms with Crippen molar-refractivity contribution >= 4 is 23.9 Å². The topological polar surface area (TPSA) is 144 Å². The Hall–Kier alpha value is -2.76. The number of aliphatic hydroxyl groups is 1. The van der Waals surface area contributed by atoms with Gasteiger partial charge in [0.15, 0.2) is 24.6 Å². The van der Waals surface area contributed by atoms with Gasteiger partial charge in [-0.25, -0.2) is 0 Å². The summed E-state index contributed by atoms with van der Waals surface area (Å²) in [7, 11) is 0. The SMILES string of the molecule is C=CC(C)(O)CC/C=C(\C)CO[C@@H]1O[C@H](COC(C)=O)[C@@H](OC(C)=O)[C@H](OC(C)=O)[C@H]1OC(C)=O. The van der Waals surface area contributed by atoms with Crippen molar-refractivity contribution in [2.45, 2.75) is 90.7 Å². The third-order valence-corrected chi connectivity index (χ3v) is 5.01. The molecule has 0 amide bonds. The molecule has 0 spiro atoms. The molecule has 0 aromatic carbocycles. The van der Waals surface area contributed by atoms with Gasteiger partial charge in [-0.1, -0.05) is 17.7 Å². The summed E-state index contributed by atoms with van der Waals surface area (Å²) < 4.78 is 32.8. The molecule has 1 heterocycles.